The topological polar surface area (TPSA) is 98.1 Å². The van der Waals surface area contributed by atoms with Crippen LogP contribution in [0.25, 0.3) is 0 Å². The zero-order chi connectivity index (χ0) is 19.6. The van der Waals surface area contributed by atoms with Gasteiger partial charge < -0.3 is 15.3 Å². The average Bonchev–Trinajstić information content (AvgIpc) is 3.45. The van der Waals surface area contributed by atoms with Gasteiger partial charge in [-0.15, -0.1) is 0 Å². The minimum absolute atomic E-state index is 0.0776. The van der Waals surface area contributed by atoms with Crippen molar-refractivity contribution >= 4 is 11.6 Å². The molecule has 0 aliphatic heterocycles. The Kier molecular flexibility index (Phi) is 4.22. The monoisotopic (exact) mass is 373 g/mol. The Morgan fingerprint density at radius 3 is 2.59 bits per heavy atom. The molecule has 27 heavy (non-hydrogen) atoms. The summed E-state index contributed by atoms with van der Waals surface area (Å²) in [5, 5.41) is 33.5. The van der Waals surface area contributed by atoms with Gasteiger partial charge in [-0.2, -0.15) is 0 Å². The van der Waals surface area contributed by atoms with E-state index in [1.165, 1.54) is 18.9 Å². The molecule has 4 rings (SSSR count). The van der Waals surface area contributed by atoms with Crippen LogP contribution in [-0.2, 0) is 9.59 Å². The Hall–Kier alpha value is -1.76. The molecule has 1 unspecified atom stereocenters. The van der Waals surface area contributed by atoms with E-state index in [4.69, 9.17) is 0 Å². The van der Waals surface area contributed by atoms with Gasteiger partial charge in [0.1, 0.15) is 6.10 Å². The van der Waals surface area contributed by atoms with Crippen LogP contribution in [0.1, 0.15) is 39.0 Å². The quantitative estimate of drug-likeness (QED) is 0.690. The van der Waals surface area contributed by atoms with Crippen LogP contribution in [0, 0.1) is 11.3 Å². The first-order valence-corrected chi connectivity index (χ1v) is 9.78. The van der Waals surface area contributed by atoms with Crippen molar-refractivity contribution in [3.63, 3.8) is 0 Å². The maximum absolute atomic E-state index is 12.5. The molecule has 146 valence electrons. The summed E-state index contributed by atoms with van der Waals surface area (Å²) < 4.78 is 0. The SMILES string of the molecule is CC[C@@]12C3=C(O)C(=O)C=CC3=C[C@@H](N(C)CC3CC3)[C@]1(O)CCC(=O)C2O. The first-order valence-electron chi connectivity index (χ1n) is 9.78. The molecule has 0 aromatic carbocycles. The van der Waals surface area contributed by atoms with Gasteiger partial charge in [0.05, 0.1) is 17.1 Å². The molecule has 0 spiro atoms. The Morgan fingerprint density at radius 1 is 1.26 bits per heavy atom. The number of likely N-dealkylation sites (N-methyl/N-ethyl adjacent to an activating group) is 1. The van der Waals surface area contributed by atoms with Crippen molar-refractivity contribution < 1.29 is 24.9 Å². The number of fused-ring (bicyclic) bond motifs is 3. The number of hydrogen-bond donors (Lipinski definition) is 3. The Labute approximate surface area is 158 Å². The normalized spacial score (nSPS) is 38.8. The molecular formula is C21H27NO5. The second kappa shape index (κ2) is 6.12. The standard InChI is InChI=1S/C21H27NO5/c1-3-20-17-13(6-7-14(23)18(17)25)10-16(22(2)11-12-4-5-12)21(20,27)9-8-15(24)19(20)26/h6-7,10,12,16,19,25-27H,3-5,8-9,11H2,1-2H3/t16-,19?,20+,21-/m1/s1. The summed E-state index contributed by atoms with van der Waals surface area (Å²) in [4.78, 5) is 26.7. The summed E-state index contributed by atoms with van der Waals surface area (Å²) in [6.45, 7) is 2.62. The van der Waals surface area contributed by atoms with E-state index in [1.54, 1.807) is 13.0 Å². The third-order valence-electron chi connectivity index (χ3n) is 7.02. The Morgan fingerprint density at radius 2 is 1.96 bits per heavy atom. The molecule has 0 amide bonds. The lowest BCUT2D eigenvalue weighted by molar-refractivity contribution is -0.188. The van der Waals surface area contributed by atoms with Gasteiger partial charge in [-0.1, -0.05) is 19.1 Å². The number of Topliss-reactive ketones (excluding diaryl/α,β-unsaturated/α-hetero) is 1. The minimum Gasteiger partial charge on any atom is -0.504 e. The van der Waals surface area contributed by atoms with Gasteiger partial charge in [0.25, 0.3) is 0 Å². The molecule has 0 bridgehead atoms. The molecule has 4 atom stereocenters. The van der Waals surface area contributed by atoms with Crippen molar-refractivity contribution in [3.05, 3.63) is 35.1 Å². The molecule has 0 radical (unpaired) electrons. The van der Waals surface area contributed by atoms with Crippen LogP contribution in [0.5, 0.6) is 0 Å². The number of carbonyl (C=O) groups is 2. The number of carbonyl (C=O) groups excluding carboxylic acids is 2. The number of aliphatic hydroxyl groups excluding tert-OH is 2. The van der Waals surface area contributed by atoms with Crippen LogP contribution >= 0.6 is 0 Å². The van der Waals surface area contributed by atoms with Crippen LogP contribution < -0.4 is 0 Å². The minimum atomic E-state index is -1.46. The molecule has 2 fully saturated rings. The third kappa shape index (κ3) is 2.43. The zero-order valence-corrected chi connectivity index (χ0v) is 15.8. The van der Waals surface area contributed by atoms with Crippen LogP contribution in [-0.4, -0.2) is 63.1 Å². The van der Waals surface area contributed by atoms with Crippen LogP contribution in [0.4, 0.5) is 0 Å². The molecule has 0 saturated heterocycles. The van der Waals surface area contributed by atoms with Crippen molar-refractivity contribution in [2.45, 2.75) is 56.8 Å². The molecule has 0 aromatic rings. The van der Waals surface area contributed by atoms with Crippen molar-refractivity contribution in [3.8, 4) is 0 Å². The van der Waals surface area contributed by atoms with E-state index in [2.05, 4.69) is 4.90 Å². The first kappa shape index (κ1) is 18.6. The lowest BCUT2D eigenvalue weighted by atomic mass is 9.49. The third-order valence-corrected chi connectivity index (χ3v) is 7.02. The van der Waals surface area contributed by atoms with Crippen molar-refractivity contribution in [1.82, 2.24) is 4.90 Å². The Bertz CT molecular complexity index is 792. The smallest absolute Gasteiger partial charge is 0.220 e. The molecule has 6 heteroatoms. The number of allylic oxidation sites excluding steroid dienone is 3. The van der Waals surface area contributed by atoms with E-state index in [9.17, 15) is 24.9 Å². The summed E-state index contributed by atoms with van der Waals surface area (Å²) >= 11 is 0. The van der Waals surface area contributed by atoms with E-state index >= 15 is 0 Å². The number of nitrogens with zero attached hydrogens (tertiary/aromatic N) is 1. The van der Waals surface area contributed by atoms with Crippen molar-refractivity contribution in [1.29, 1.82) is 0 Å². The predicted molar refractivity (Wildman–Crippen MR) is 98.9 cm³/mol. The number of hydrogen-bond acceptors (Lipinski definition) is 6. The van der Waals surface area contributed by atoms with Gasteiger partial charge >= 0.3 is 0 Å². The summed E-state index contributed by atoms with van der Waals surface area (Å²) in [6.07, 6.45) is 6.20. The molecule has 0 heterocycles. The zero-order valence-electron chi connectivity index (χ0n) is 15.8. The van der Waals surface area contributed by atoms with Gasteiger partial charge in [0.2, 0.25) is 5.78 Å². The van der Waals surface area contributed by atoms with E-state index in [0.29, 0.717) is 11.5 Å². The first-order chi connectivity index (χ1) is 12.8. The second-order valence-electron chi connectivity index (χ2n) is 8.49. The van der Waals surface area contributed by atoms with E-state index in [-0.39, 0.29) is 30.6 Å². The molecule has 3 N–H and O–H groups in total. The molecule has 0 aromatic heterocycles. The largest absolute Gasteiger partial charge is 0.504 e. The molecule has 2 saturated carbocycles. The number of aliphatic hydroxyl groups is 3. The van der Waals surface area contributed by atoms with Gasteiger partial charge in [-0.3, -0.25) is 14.5 Å². The second-order valence-corrected chi connectivity index (χ2v) is 8.49. The number of ketones is 2. The molecular weight excluding hydrogens is 346 g/mol. The fraction of sp³-hybridized carbons (Fsp3) is 0.619. The van der Waals surface area contributed by atoms with E-state index in [0.717, 1.165) is 6.54 Å². The summed E-state index contributed by atoms with van der Waals surface area (Å²) in [7, 11) is 1.95. The molecule has 4 aliphatic rings. The van der Waals surface area contributed by atoms with Gasteiger partial charge in [0, 0.05) is 18.5 Å². The average molecular weight is 373 g/mol. The van der Waals surface area contributed by atoms with Crippen molar-refractivity contribution in [2.75, 3.05) is 13.6 Å². The highest BCUT2D eigenvalue weighted by molar-refractivity contribution is 6.06. The van der Waals surface area contributed by atoms with Gasteiger partial charge in [0.15, 0.2) is 11.5 Å². The maximum Gasteiger partial charge on any atom is 0.220 e. The van der Waals surface area contributed by atoms with Gasteiger partial charge in [-0.05, 0) is 50.3 Å². The summed E-state index contributed by atoms with van der Waals surface area (Å²) in [5.41, 5.74) is -2.02. The highest BCUT2D eigenvalue weighted by atomic mass is 16.3. The fourth-order valence-corrected chi connectivity index (χ4v) is 5.44. The van der Waals surface area contributed by atoms with Gasteiger partial charge in [-0.25, -0.2) is 0 Å². The fourth-order valence-electron chi connectivity index (χ4n) is 5.44. The van der Waals surface area contributed by atoms with Crippen LogP contribution in [0.2, 0.25) is 0 Å². The highest BCUT2D eigenvalue weighted by Gasteiger charge is 2.67. The van der Waals surface area contributed by atoms with E-state index in [1.807, 2.05) is 13.1 Å². The molecule has 6 nitrogen and oxygen atoms in total. The maximum atomic E-state index is 12.5. The lowest BCUT2D eigenvalue weighted by Gasteiger charge is -2.60. The van der Waals surface area contributed by atoms with Crippen LogP contribution in [0.3, 0.4) is 0 Å². The summed E-state index contributed by atoms with van der Waals surface area (Å²) in [6, 6.07) is -0.412. The Balaban J connectivity index is 1.94. The number of rotatable bonds is 4. The summed E-state index contributed by atoms with van der Waals surface area (Å²) in [5.74, 6) is -0.779. The predicted octanol–water partition coefficient (Wildman–Crippen LogP) is 1.44. The van der Waals surface area contributed by atoms with Crippen LogP contribution in [0.15, 0.2) is 35.1 Å². The van der Waals surface area contributed by atoms with E-state index < -0.39 is 34.7 Å². The molecule has 4 aliphatic carbocycles. The lowest BCUT2D eigenvalue weighted by Crippen LogP contribution is -2.71. The highest BCUT2D eigenvalue weighted by Crippen LogP contribution is 2.59. The van der Waals surface area contributed by atoms with Crippen molar-refractivity contribution in [2.24, 2.45) is 11.3 Å².